The van der Waals surface area contributed by atoms with Crippen LogP contribution in [0.25, 0.3) is 11.3 Å². The van der Waals surface area contributed by atoms with E-state index in [2.05, 4.69) is 15.6 Å². The summed E-state index contributed by atoms with van der Waals surface area (Å²) in [6.07, 6.45) is 0. The van der Waals surface area contributed by atoms with E-state index < -0.39 is 41.6 Å². The van der Waals surface area contributed by atoms with E-state index in [0.29, 0.717) is 16.1 Å². The van der Waals surface area contributed by atoms with E-state index in [1.807, 2.05) is 0 Å². The first-order valence-corrected chi connectivity index (χ1v) is 8.77. The molecule has 1 saturated heterocycles. The second-order valence-corrected chi connectivity index (χ2v) is 7.75. The summed E-state index contributed by atoms with van der Waals surface area (Å²) < 4.78 is 26.5. The quantitative estimate of drug-likeness (QED) is 0.780. The Hall–Kier alpha value is -2.88. The minimum Gasteiger partial charge on any atom is -0.324 e. The van der Waals surface area contributed by atoms with E-state index in [1.165, 1.54) is 6.07 Å². The molecule has 0 atom stereocenters. The number of halogens is 2. The maximum atomic E-state index is 13.4. The first-order chi connectivity index (χ1) is 12.6. The zero-order chi connectivity index (χ0) is 19.9. The molecule has 2 N–H and O–H groups in total. The molecule has 0 bridgehead atoms. The highest BCUT2D eigenvalue weighted by Gasteiger charge is 2.44. The van der Waals surface area contributed by atoms with Gasteiger partial charge in [0.2, 0.25) is 5.91 Å². The second kappa shape index (κ2) is 6.69. The standard InChI is InChI=1S/C17H16F2N4O3S/c1-8-13(9-4-5-10(18)11(19)6-9)21-15(27-8)20-12(24)7-23-14(25)17(2,3)22-16(23)26/h4-6H,7H2,1-3H3,(H,22,26)(H,20,21,24). The number of urea groups is 1. The fourth-order valence-electron chi connectivity index (χ4n) is 2.63. The highest BCUT2D eigenvalue weighted by Crippen LogP contribution is 2.31. The normalized spacial score (nSPS) is 15.8. The van der Waals surface area contributed by atoms with Crippen LogP contribution in [0.3, 0.4) is 0 Å². The van der Waals surface area contributed by atoms with Gasteiger partial charge in [-0.25, -0.2) is 18.6 Å². The van der Waals surface area contributed by atoms with E-state index >= 15 is 0 Å². The number of amides is 4. The molecule has 0 aliphatic carbocycles. The van der Waals surface area contributed by atoms with Gasteiger partial charge >= 0.3 is 6.03 Å². The monoisotopic (exact) mass is 394 g/mol. The average Bonchev–Trinajstić information content (AvgIpc) is 3.02. The molecule has 7 nitrogen and oxygen atoms in total. The molecule has 0 unspecified atom stereocenters. The van der Waals surface area contributed by atoms with Crippen molar-refractivity contribution in [3.8, 4) is 11.3 Å². The second-order valence-electron chi connectivity index (χ2n) is 6.55. The summed E-state index contributed by atoms with van der Waals surface area (Å²) >= 11 is 1.14. The van der Waals surface area contributed by atoms with Crippen molar-refractivity contribution >= 4 is 34.3 Å². The first-order valence-electron chi connectivity index (χ1n) is 7.95. The molecule has 0 radical (unpaired) electrons. The van der Waals surface area contributed by atoms with Crippen molar-refractivity contribution in [3.05, 3.63) is 34.7 Å². The molecule has 1 aromatic carbocycles. The lowest BCUT2D eigenvalue weighted by molar-refractivity contribution is -0.132. The average molecular weight is 394 g/mol. The molecule has 27 heavy (non-hydrogen) atoms. The molecule has 0 spiro atoms. The topological polar surface area (TPSA) is 91.4 Å². The Balaban J connectivity index is 1.73. The number of aromatic nitrogens is 1. The SMILES string of the molecule is Cc1sc(NC(=O)CN2C(=O)NC(C)(C)C2=O)nc1-c1ccc(F)c(F)c1. The van der Waals surface area contributed by atoms with Crippen LogP contribution in [0.1, 0.15) is 18.7 Å². The maximum absolute atomic E-state index is 13.4. The number of nitrogens with one attached hydrogen (secondary N) is 2. The molecule has 1 aromatic heterocycles. The largest absolute Gasteiger partial charge is 0.325 e. The predicted octanol–water partition coefficient (Wildman–Crippen LogP) is 2.67. The van der Waals surface area contributed by atoms with Crippen LogP contribution in [0.2, 0.25) is 0 Å². The zero-order valence-corrected chi connectivity index (χ0v) is 15.5. The molecule has 3 rings (SSSR count). The number of carbonyl (C=O) groups excluding carboxylic acids is 3. The summed E-state index contributed by atoms with van der Waals surface area (Å²) in [6, 6.07) is 2.78. The van der Waals surface area contributed by atoms with E-state index in [9.17, 15) is 23.2 Å². The van der Waals surface area contributed by atoms with Crippen LogP contribution in [0.4, 0.5) is 18.7 Å². The number of benzene rings is 1. The van der Waals surface area contributed by atoms with Gasteiger partial charge in [0.1, 0.15) is 12.1 Å². The van der Waals surface area contributed by atoms with Gasteiger partial charge in [-0.1, -0.05) is 0 Å². The van der Waals surface area contributed by atoms with Crippen molar-refractivity contribution in [3.63, 3.8) is 0 Å². The maximum Gasteiger partial charge on any atom is 0.325 e. The van der Waals surface area contributed by atoms with Crippen LogP contribution in [0.15, 0.2) is 18.2 Å². The fraction of sp³-hybridized carbons (Fsp3) is 0.294. The van der Waals surface area contributed by atoms with Gasteiger partial charge in [-0.15, -0.1) is 11.3 Å². The van der Waals surface area contributed by atoms with Gasteiger partial charge in [0.25, 0.3) is 5.91 Å². The van der Waals surface area contributed by atoms with Crippen LogP contribution in [0.5, 0.6) is 0 Å². The van der Waals surface area contributed by atoms with Gasteiger partial charge in [0.05, 0.1) is 5.69 Å². The third kappa shape index (κ3) is 3.65. The summed E-state index contributed by atoms with van der Waals surface area (Å²) in [5, 5.41) is 5.23. The Morgan fingerprint density at radius 2 is 2.00 bits per heavy atom. The fourth-order valence-corrected chi connectivity index (χ4v) is 3.48. The first kappa shape index (κ1) is 18.9. The molecule has 0 saturated carbocycles. The predicted molar refractivity (Wildman–Crippen MR) is 95.2 cm³/mol. The van der Waals surface area contributed by atoms with Crippen LogP contribution < -0.4 is 10.6 Å². The van der Waals surface area contributed by atoms with E-state index in [1.54, 1.807) is 20.8 Å². The molecule has 4 amide bonds. The van der Waals surface area contributed by atoms with Crippen molar-refractivity contribution in [1.29, 1.82) is 0 Å². The smallest absolute Gasteiger partial charge is 0.324 e. The highest BCUT2D eigenvalue weighted by atomic mass is 32.1. The Morgan fingerprint density at radius 3 is 2.59 bits per heavy atom. The summed E-state index contributed by atoms with van der Waals surface area (Å²) in [7, 11) is 0. The molecular weight excluding hydrogens is 378 g/mol. The van der Waals surface area contributed by atoms with Crippen molar-refractivity contribution in [2.75, 3.05) is 11.9 Å². The number of nitrogens with zero attached hydrogens (tertiary/aromatic N) is 2. The number of anilines is 1. The number of imide groups is 1. The molecule has 10 heteroatoms. The molecule has 1 aliphatic heterocycles. The summed E-state index contributed by atoms with van der Waals surface area (Å²) in [5.41, 5.74) is -0.279. The van der Waals surface area contributed by atoms with Crippen molar-refractivity contribution in [1.82, 2.24) is 15.2 Å². The van der Waals surface area contributed by atoms with Gasteiger partial charge in [-0.3, -0.25) is 14.5 Å². The van der Waals surface area contributed by atoms with E-state index in [-0.39, 0.29) is 5.13 Å². The number of carbonyl (C=O) groups is 3. The lowest BCUT2D eigenvalue weighted by atomic mass is 10.1. The van der Waals surface area contributed by atoms with E-state index in [0.717, 1.165) is 28.4 Å². The minimum atomic E-state index is -1.06. The molecule has 2 aromatic rings. The Bertz CT molecular complexity index is 958. The van der Waals surface area contributed by atoms with Gasteiger partial charge in [-0.2, -0.15) is 0 Å². The molecule has 1 fully saturated rings. The Kier molecular flexibility index (Phi) is 4.68. The summed E-state index contributed by atoms with van der Waals surface area (Å²) in [5.74, 6) is -3.05. The zero-order valence-electron chi connectivity index (χ0n) is 14.7. The van der Waals surface area contributed by atoms with Gasteiger partial charge < -0.3 is 10.6 Å². The lowest BCUT2D eigenvalue weighted by Gasteiger charge is -2.15. The van der Waals surface area contributed by atoms with E-state index in [4.69, 9.17) is 0 Å². The van der Waals surface area contributed by atoms with Crippen molar-refractivity contribution in [2.45, 2.75) is 26.3 Å². The minimum absolute atomic E-state index is 0.226. The molecular formula is C17H16F2N4O3S. The van der Waals surface area contributed by atoms with Crippen LogP contribution in [-0.4, -0.2) is 39.8 Å². The molecule has 2 heterocycles. The van der Waals surface area contributed by atoms with Crippen molar-refractivity contribution in [2.24, 2.45) is 0 Å². The molecule has 142 valence electrons. The third-order valence-electron chi connectivity index (χ3n) is 3.98. The van der Waals surface area contributed by atoms with Crippen LogP contribution in [-0.2, 0) is 9.59 Å². The van der Waals surface area contributed by atoms with Crippen LogP contribution in [0, 0.1) is 18.6 Å². The Labute approximate surface area is 157 Å². The molecule has 1 aliphatic rings. The Morgan fingerprint density at radius 1 is 1.30 bits per heavy atom. The highest BCUT2D eigenvalue weighted by molar-refractivity contribution is 7.16. The van der Waals surface area contributed by atoms with Crippen molar-refractivity contribution < 1.29 is 23.2 Å². The number of hydrogen-bond donors (Lipinski definition) is 2. The number of thiazole rings is 1. The summed E-state index contributed by atoms with van der Waals surface area (Å²) in [4.78, 5) is 41.9. The lowest BCUT2D eigenvalue weighted by Crippen LogP contribution is -2.41. The number of hydrogen-bond acceptors (Lipinski definition) is 5. The third-order valence-corrected chi connectivity index (χ3v) is 4.87. The number of aryl methyl sites for hydroxylation is 1. The number of rotatable bonds is 4. The van der Waals surface area contributed by atoms with Gasteiger partial charge in [0, 0.05) is 10.4 Å². The van der Waals surface area contributed by atoms with Crippen LogP contribution >= 0.6 is 11.3 Å². The van der Waals surface area contributed by atoms with Gasteiger partial charge in [0.15, 0.2) is 16.8 Å². The summed E-state index contributed by atoms with van der Waals surface area (Å²) in [6.45, 7) is 4.37. The van der Waals surface area contributed by atoms with Gasteiger partial charge in [-0.05, 0) is 39.0 Å².